The second kappa shape index (κ2) is 6.16. The van der Waals surface area contributed by atoms with Crippen molar-refractivity contribution in [3.05, 3.63) is 29.6 Å². The first-order valence-corrected chi connectivity index (χ1v) is 6.44. The number of methoxy groups -OCH3 is 1. The highest BCUT2D eigenvalue weighted by Gasteiger charge is 2.20. The SMILES string of the molecule is COCC1CCCN(Cc2ccc(N)cc2F)C1. The van der Waals surface area contributed by atoms with E-state index < -0.39 is 0 Å². The van der Waals surface area contributed by atoms with Crippen LogP contribution in [0.2, 0.25) is 0 Å². The third-order valence-corrected chi connectivity index (χ3v) is 3.48. The monoisotopic (exact) mass is 252 g/mol. The number of ether oxygens (including phenoxy) is 1. The van der Waals surface area contributed by atoms with E-state index in [9.17, 15) is 4.39 Å². The third-order valence-electron chi connectivity index (χ3n) is 3.48. The van der Waals surface area contributed by atoms with Gasteiger partial charge in [0.2, 0.25) is 0 Å². The molecule has 0 saturated carbocycles. The average Bonchev–Trinajstić information content (AvgIpc) is 2.34. The van der Waals surface area contributed by atoms with Gasteiger partial charge in [-0.1, -0.05) is 6.07 Å². The fourth-order valence-electron chi connectivity index (χ4n) is 2.60. The van der Waals surface area contributed by atoms with E-state index >= 15 is 0 Å². The van der Waals surface area contributed by atoms with Crippen molar-refractivity contribution in [2.45, 2.75) is 19.4 Å². The Bertz CT molecular complexity index is 395. The summed E-state index contributed by atoms with van der Waals surface area (Å²) in [7, 11) is 1.73. The maximum absolute atomic E-state index is 13.7. The summed E-state index contributed by atoms with van der Waals surface area (Å²) in [5.41, 5.74) is 6.76. The molecule has 0 aromatic heterocycles. The van der Waals surface area contributed by atoms with E-state index in [0.29, 0.717) is 18.2 Å². The molecule has 1 fully saturated rings. The van der Waals surface area contributed by atoms with Crippen molar-refractivity contribution in [2.75, 3.05) is 32.5 Å². The zero-order chi connectivity index (χ0) is 13.0. The molecule has 1 aromatic carbocycles. The van der Waals surface area contributed by atoms with Crippen LogP contribution in [0.25, 0.3) is 0 Å². The van der Waals surface area contributed by atoms with Gasteiger partial charge in [-0.2, -0.15) is 0 Å². The summed E-state index contributed by atoms with van der Waals surface area (Å²) in [5.74, 6) is 0.365. The Morgan fingerprint density at radius 1 is 1.50 bits per heavy atom. The van der Waals surface area contributed by atoms with Gasteiger partial charge in [-0.05, 0) is 37.4 Å². The second-order valence-corrected chi connectivity index (χ2v) is 5.05. The molecule has 1 unspecified atom stereocenters. The number of rotatable bonds is 4. The number of nitrogens with zero attached hydrogens (tertiary/aromatic N) is 1. The number of halogens is 1. The van der Waals surface area contributed by atoms with Crippen LogP contribution < -0.4 is 5.73 Å². The van der Waals surface area contributed by atoms with Crippen LogP contribution in [-0.2, 0) is 11.3 Å². The summed E-state index contributed by atoms with van der Waals surface area (Å²) < 4.78 is 18.9. The number of hydrogen-bond donors (Lipinski definition) is 1. The Kier molecular flexibility index (Phi) is 4.55. The largest absolute Gasteiger partial charge is 0.399 e. The standard InChI is InChI=1S/C14H21FN2O/c1-18-10-11-3-2-6-17(8-11)9-12-4-5-13(16)7-14(12)15/h4-5,7,11H,2-3,6,8-10,16H2,1H3. The van der Waals surface area contributed by atoms with Crippen LogP contribution >= 0.6 is 0 Å². The van der Waals surface area contributed by atoms with Crippen LogP contribution in [0.3, 0.4) is 0 Å². The summed E-state index contributed by atoms with van der Waals surface area (Å²) in [5, 5.41) is 0. The molecular weight excluding hydrogens is 231 g/mol. The molecule has 3 nitrogen and oxygen atoms in total. The van der Waals surface area contributed by atoms with Crippen molar-refractivity contribution in [1.82, 2.24) is 4.90 Å². The topological polar surface area (TPSA) is 38.5 Å². The van der Waals surface area contributed by atoms with E-state index in [1.807, 2.05) is 0 Å². The van der Waals surface area contributed by atoms with Gasteiger partial charge in [0.15, 0.2) is 0 Å². The smallest absolute Gasteiger partial charge is 0.129 e. The summed E-state index contributed by atoms with van der Waals surface area (Å²) in [6.45, 7) is 3.47. The lowest BCUT2D eigenvalue weighted by Gasteiger charge is -2.32. The lowest BCUT2D eigenvalue weighted by atomic mass is 9.98. The Morgan fingerprint density at radius 2 is 2.33 bits per heavy atom. The quantitative estimate of drug-likeness (QED) is 0.835. The van der Waals surface area contributed by atoms with Crippen molar-refractivity contribution < 1.29 is 9.13 Å². The van der Waals surface area contributed by atoms with Gasteiger partial charge in [0.25, 0.3) is 0 Å². The van der Waals surface area contributed by atoms with Gasteiger partial charge in [-0.3, -0.25) is 4.90 Å². The van der Waals surface area contributed by atoms with Crippen molar-refractivity contribution in [2.24, 2.45) is 5.92 Å². The van der Waals surface area contributed by atoms with Gasteiger partial charge < -0.3 is 10.5 Å². The fourth-order valence-corrected chi connectivity index (χ4v) is 2.60. The van der Waals surface area contributed by atoms with E-state index in [1.54, 1.807) is 19.2 Å². The Hall–Kier alpha value is -1.13. The molecule has 1 aliphatic rings. The highest BCUT2D eigenvalue weighted by Crippen LogP contribution is 2.20. The molecule has 0 bridgehead atoms. The molecule has 0 aliphatic carbocycles. The molecule has 1 saturated heterocycles. The van der Waals surface area contributed by atoms with Crippen molar-refractivity contribution in [3.8, 4) is 0 Å². The normalized spacial score (nSPS) is 21.1. The number of nitrogen functional groups attached to an aromatic ring is 1. The molecule has 2 N–H and O–H groups in total. The van der Waals surface area contributed by atoms with Crippen LogP contribution in [0.5, 0.6) is 0 Å². The molecule has 0 radical (unpaired) electrons. The van der Waals surface area contributed by atoms with Gasteiger partial charge in [-0.15, -0.1) is 0 Å². The Morgan fingerprint density at radius 3 is 3.06 bits per heavy atom. The van der Waals surface area contributed by atoms with Crippen LogP contribution in [0.4, 0.5) is 10.1 Å². The Labute approximate surface area is 108 Å². The van der Waals surface area contributed by atoms with E-state index in [-0.39, 0.29) is 5.82 Å². The zero-order valence-corrected chi connectivity index (χ0v) is 10.9. The Balaban J connectivity index is 1.96. The number of benzene rings is 1. The minimum atomic E-state index is -0.205. The first-order chi connectivity index (χ1) is 8.69. The van der Waals surface area contributed by atoms with Crippen molar-refractivity contribution in [1.29, 1.82) is 0 Å². The van der Waals surface area contributed by atoms with Crippen molar-refractivity contribution >= 4 is 5.69 Å². The summed E-state index contributed by atoms with van der Waals surface area (Å²) >= 11 is 0. The van der Waals surface area contributed by atoms with Gasteiger partial charge in [-0.25, -0.2) is 4.39 Å². The highest BCUT2D eigenvalue weighted by molar-refractivity contribution is 5.40. The molecule has 4 heteroatoms. The van der Waals surface area contributed by atoms with Crippen LogP contribution in [0.15, 0.2) is 18.2 Å². The molecule has 1 heterocycles. The fraction of sp³-hybridized carbons (Fsp3) is 0.571. The van der Waals surface area contributed by atoms with E-state index in [4.69, 9.17) is 10.5 Å². The second-order valence-electron chi connectivity index (χ2n) is 5.05. The first-order valence-electron chi connectivity index (χ1n) is 6.44. The molecular formula is C14H21FN2O. The molecule has 0 spiro atoms. The number of piperidine rings is 1. The first kappa shape index (κ1) is 13.3. The minimum absolute atomic E-state index is 0.205. The number of nitrogens with two attached hydrogens (primary N) is 1. The number of likely N-dealkylation sites (tertiary alicyclic amines) is 1. The summed E-state index contributed by atoms with van der Waals surface area (Å²) in [6.07, 6.45) is 2.36. The lowest BCUT2D eigenvalue weighted by Crippen LogP contribution is -2.36. The predicted octanol–water partition coefficient (Wildman–Crippen LogP) is 2.27. The van der Waals surface area contributed by atoms with E-state index in [2.05, 4.69) is 4.90 Å². The van der Waals surface area contributed by atoms with Gasteiger partial charge in [0.1, 0.15) is 5.82 Å². The number of anilines is 1. The average molecular weight is 252 g/mol. The molecule has 2 rings (SSSR count). The lowest BCUT2D eigenvalue weighted by molar-refractivity contribution is 0.0869. The van der Waals surface area contributed by atoms with Crippen LogP contribution in [-0.4, -0.2) is 31.7 Å². The zero-order valence-electron chi connectivity index (χ0n) is 10.9. The maximum atomic E-state index is 13.7. The minimum Gasteiger partial charge on any atom is -0.399 e. The highest BCUT2D eigenvalue weighted by atomic mass is 19.1. The van der Waals surface area contributed by atoms with E-state index in [0.717, 1.165) is 31.7 Å². The number of hydrogen-bond acceptors (Lipinski definition) is 3. The van der Waals surface area contributed by atoms with Gasteiger partial charge >= 0.3 is 0 Å². The molecule has 1 aliphatic heterocycles. The van der Waals surface area contributed by atoms with Crippen LogP contribution in [0, 0.1) is 11.7 Å². The van der Waals surface area contributed by atoms with Gasteiger partial charge in [0.05, 0.1) is 6.61 Å². The third kappa shape index (κ3) is 3.43. The van der Waals surface area contributed by atoms with E-state index in [1.165, 1.54) is 12.5 Å². The molecule has 1 aromatic rings. The molecule has 0 amide bonds. The summed E-state index contributed by atoms with van der Waals surface area (Å²) in [4.78, 5) is 2.29. The molecule has 1 atom stereocenters. The molecule has 100 valence electrons. The molecule has 18 heavy (non-hydrogen) atoms. The van der Waals surface area contributed by atoms with Crippen LogP contribution in [0.1, 0.15) is 18.4 Å². The predicted molar refractivity (Wildman–Crippen MR) is 70.7 cm³/mol. The van der Waals surface area contributed by atoms with Crippen molar-refractivity contribution in [3.63, 3.8) is 0 Å². The summed E-state index contributed by atoms with van der Waals surface area (Å²) in [6, 6.07) is 4.94. The van der Waals surface area contributed by atoms with Gasteiger partial charge in [0, 0.05) is 31.5 Å². The maximum Gasteiger partial charge on any atom is 0.129 e.